The maximum absolute atomic E-state index is 11.2. The van der Waals surface area contributed by atoms with Crippen LogP contribution >= 0.6 is 0 Å². The molecule has 7 N–H and O–H groups in total. The lowest BCUT2D eigenvalue weighted by Gasteiger charge is -2.46. The highest BCUT2D eigenvalue weighted by Crippen LogP contribution is 2.34. The Balaban J connectivity index is 1.79. The Morgan fingerprint density at radius 1 is 0.921 bits per heavy atom. The number of hydrogen-bond donors (Lipinski definition) is 7. The van der Waals surface area contributed by atoms with E-state index in [1.807, 2.05) is 0 Å². The van der Waals surface area contributed by atoms with Crippen LogP contribution < -0.4 is 9.47 Å². The molecule has 17 nitrogen and oxygen atoms in total. The van der Waals surface area contributed by atoms with E-state index in [-0.39, 0.29) is 17.1 Å². The lowest BCUT2D eigenvalue weighted by molar-refractivity contribution is -0.350. The van der Waals surface area contributed by atoms with Crippen LogP contribution in [0.1, 0.15) is 10.4 Å². The maximum atomic E-state index is 11.2. The molecule has 0 aromatic heterocycles. The molecule has 216 valence electrons. The van der Waals surface area contributed by atoms with Crippen molar-refractivity contribution in [3.05, 3.63) is 23.8 Å². The molecule has 38 heavy (non-hydrogen) atoms. The Kier molecular flexibility index (Phi) is 9.84. The molecule has 2 heterocycles. The van der Waals surface area contributed by atoms with Gasteiger partial charge in [0, 0.05) is 0 Å². The first-order valence-corrected chi connectivity index (χ1v) is 12.3. The first kappa shape index (κ1) is 30.3. The molecule has 0 aliphatic carbocycles. The van der Waals surface area contributed by atoms with Crippen LogP contribution in [0.15, 0.2) is 18.2 Å². The number of methoxy groups -OCH3 is 1. The number of benzene rings is 1. The smallest absolute Gasteiger partial charge is 0.335 e. The van der Waals surface area contributed by atoms with Gasteiger partial charge in [0.05, 0.1) is 25.9 Å². The molecule has 0 radical (unpaired) electrons. The van der Waals surface area contributed by atoms with Crippen LogP contribution in [0.3, 0.4) is 0 Å². The van der Waals surface area contributed by atoms with Gasteiger partial charge in [0.2, 0.25) is 16.7 Å². The summed E-state index contributed by atoms with van der Waals surface area (Å²) in [5.41, 5.74) is -0.134. The molecule has 1 aromatic rings. The molecule has 0 unspecified atom stereocenters. The summed E-state index contributed by atoms with van der Waals surface area (Å²) in [7, 11) is -4.21. The standard InChI is InChI=1S/C20H28O17S/c1-32-9-4-7(18(27)28)2-3-8(9)33-19-14(25)13(24)16(11(6-22)35-19)36-20-15(26)17(37-38(29,30)31)12(23)10(5-21)34-20/h2-4,10-17,19-26H,5-6H2,1H3,(H,27,28)(H,29,30,31)/p-1/t10-,11-,12+,13-,14-,15-,16-,17+,19-,20+/m1/s1. The maximum Gasteiger partial charge on any atom is 0.335 e. The summed E-state index contributed by atoms with van der Waals surface area (Å²) in [5.74, 6) is -1.39. The van der Waals surface area contributed by atoms with Gasteiger partial charge in [0.1, 0.15) is 48.8 Å². The first-order valence-electron chi connectivity index (χ1n) is 10.9. The third-order valence-electron chi connectivity index (χ3n) is 5.82. The first-order chi connectivity index (χ1) is 17.8. The lowest BCUT2D eigenvalue weighted by Crippen LogP contribution is -2.65. The van der Waals surface area contributed by atoms with Crippen molar-refractivity contribution < 1.29 is 81.4 Å². The summed E-state index contributed by atoms with van der Waals surface area (Å²) in [6.45, 7) is -1.78. The number of ether oxygens (including phenoxy) is 5. The fourth-order valence-electron chi connectivity index (χ4n) is 3.91. The molecule has 10 atom stereocenters. The van der Waals surface area contributed by atoms with Crippen LogP contribution in [0.4, 0.5) is 0 Å². The second-order valence-corrected chi connectivity index (χ2v) is 9.28. The molecule has 0 bridgehead atoms. The summed E-state index contributed by atoms with van der Waals surface area (Å²) in [6, 6.07) is 3.51. The van der Waals surface area contributed by atoms with Crippen LogP contribution in [0, 0.1) is 0 Å². The summed E-state index contributed by atoms with van der Waals surface area (Å²) >= 11 is 0. The summed E-state index contributed by atoms with van der Waals surface area (Å²) < 4.78 is 64.0. The molecule has 18 heteroatoms. The molecule has 1 aromatic carbocycles. The quantitative estimate of drug-likeness (QED) is 0.104. The SMILES string of the molecule is COc1cc(C(=O)O)ccc1O[C@@H]1O[C@H](CO)[C@@H](O[C@@H]2O[C@H](CO)[C@H](O)[C@H](OS(=O)(=O)[O-])[C@H]2O)[C@H](O)[C@H]1O. The summed E-state index contributed by atoms with van der Waals surface area (Å²) in [5, 5.41) is 70.2. The molecular weight excluding hydrogens is 544 g/mol. The minimum atomic E-state index is -5.44. The Labute approximate surface area is 215 Å². The normalized spacial score (nSPS) is 36.0. The lowest BCUT2D eigenvalue weighted by atomic mass is 9.97. The number of rotatable bonds is 10. The number of aromatic carboxylic acids is 1. The van der Waals surface area contributed by atoms with Gasteiger partial charge in [-0.2, -0.15) is 0 Å². The number of hydrogen-bond acceptors (Lipinski definition) is 16. The Morgan fingerprint density at radius 2 is 1.55 bits per heavy atom. The van der Waals surface area contributed by atoms with E-state index in [1.165, 1.54) is 19.2 Å². The van der Waals surface area contributed by atoms with Crippen LogP contribution in [0.2, 0.25) is 0 Å². The number of carboxylic acid groups (broad SMARTS) is 1. The van der Waals surface area contributed by atoms with Crippen molar-refractivity contribution in [1.82, 2.24) is 0 Å². The average molecular weight is 571 g/mol. The molecule has 2 fully saturated rings. The molecule has 3 rings (SSSR count). The van der Waals surface area contributed by atoms with Gasteiger partial charge < -0.3 is 64.0 Å². The van der Waals surface area contributed by atoms with E-state index in [4.69, 9.17) is 28.8 Å². The van der Waals surface area contributed by atoms with Gasteiger partial charge in [-0.05, 0) is 18.2 Å². The van der Waals surface area contributed by atoms with Crippen LogP contribution in [0.5, 0.6) is 11.5 Å². The molecule has 0 saturated carbocycles. The molecular formula is C20H27O17S-. The second kappa shape index (κ2) is 12.3. The topological polar surface area (TPSA) is 271 Å². The average Bonchev–Trinajstić information content (AvgIpc) is 2.86. The molecule has 0 amide bonds. The van der Waals surface area contributed by atoms with Gasteiger partial charge >= 0.3 is 5.97 Å². The van der Waals surface area contributed by atoms with Crippen LogP contribution in [-0.4, -0.2) is 136 Å². The van der Waals surface area contributed by atoms with Crippen LogP contribution in [0.25, 0.3) is 0 Å². The van der Waals surface area contributed by atoms with Gasteiger partial charge in [-0.25, -0.2) is 13.2 Å². The van der Waals surface area contributed by atoms with E-state index < -0.39 is 91.0 Å². The predicted octanol–water partition coefficient (Wildman–Crippen LogP) is -4.12. The van der Waals surface area contributed by atoms with Crippen molar-refractivity contribution in [2.75, 3.05) is 20.3 Å². The number of carboxylic acids is 1. The minimum Gasteiger partial charge on any atom is -0.726 e. The predicted molar refractivity (Wildman–Crippen MR) is 116 cm³/mol. The monoisotopic (exact) mass is 571 g/mol. The third-order valence-corrected chi connectivity index (χ3v) is 6.27. The summed E-state index contributed by atoms with van der Waals surface area (Å²) in [4.78, 5) is 11.2. The Bertz CT molecular complexity index is 1060. The van der Waals surface area contributed by atoms with E-state index in [0.29, 0.717) is 0 Å². The van der Waals surface area contributed by atoms with E-state index >= 15 is 0 Å². The van der Waals surface area contributed by atoms with Crippen molar-refractivity contribution >= 4 is 16.4 Å². The molecule has 2 aliphatic heterocycles. The van der Waals surface area contributed by atoms with Crippen molar-refractivity contribution in [2.24, 2.45) is 0 Å². The largest absolute Gasteiger partial charge is 0.726 e. The van der Waals surface area contributed by atoms with E-state index in [1.54, 1.807) is 0 Å². The highest BCUT2D eigenvalue weighted by Gasteiger charge is 2.52. The molecule has 2 aliphatic rings. The molecule has 2 saturated heterocycles. The molecule has 0 spiro atoms. The van der Waals surface area contributed by atoms with Gasteiger partial charge in [-0.15, -0.1) is 0 Å². The van der Waals surface area contributed by atoms with Crippen LogP contribution in [-0.2, 0) is 28.8 Å². The van der Waals surface area contributed by atoms with Crippen molar-refractivity contribution in [3.8, 4) is 11.5 Å². The number of carbonyl (C=O) groups is 1. The van der Waals surface area contributed by atoms with Gasteiger partial charge in [0.25, 0.3) is 0 Å². The Hall–Kier alpha value is -2.20. The summed E-state index contributed by atoms with van der Waals surface area (Å²) in [6.07, 6.45) is -18.4. The van der Waals surface area contributed by atoms with Crippen molar-refractivity contribution in [2.45, 2.75) is 61.4 Å². The number of aliphatic hydroxyl groups excluding tert-OH is 6. The zero-order chi connectivity index (χ0) is 28.4. The minimum absolute atomic E-state index is 0.0548. The highest BCUT2D eigenvalue weighted by atomic mass is 32.3. The van der Waals surface area contributed by atoms with Gasteiger partial charge in [0.15, 0.2) is 17.8 Å². The number of aliphatic hydroxyl groups is 6. The second-order valence-electron chi connectivity index (χ2n) is 8.27. The van der Waals surface area contributed by atoms with Crippen molar-refractivity contribution in [1.29, 1.82) is 0 Å². The van der Waals surface area contributed by atoms with E-state index in [9.17, 15) is 48.4 Å². The third kappa shape index (κ3) is 6.68. The fourth-order valence-corrected chi connectivity index (χ4v) is 4.41. The van der Waals surface area contributed by atoms with E-state index in [0.717, 1.165) is 6.07 Å². The zero-order valence-electron chi connectivity index (χ0n) is 19.5. The zero-order valence-corrected chi connectivity index (χ0v) is 20.4. The van der Waals surface area contributed by atoms with Crippen molar-refractivity contribution in [3.63, 3.8) is 0 Å². The highest BCUT2D eigenvalue weighted by molar-refractivity contribution is 7.80. The van der Waals surface area contributed by atoms with Gasteiger partial charge in [-0.1, -0.05) is 0 Å². The van der Waals surface area contributed by atoms with Gasteiger partial charge in [-0.3, -0.25) is 4.18 Å². The van der Waals surface area contributed by atoms with E-state index in [2.05, 4.69) is 4.18 Å². The Morgan fingerprint density at radius 3 is 2.11 bits per heavy atom. The fraction of sp³-hybridized carbons (Fsp3) is 0.650.